The Kier molecular flexibility index (Phi) is 16.9. The molecule has 0 nitrogen and oxygen atoms in total. The van der Waals surface area contributed by atoms with Crippen LogP contribution in [0.25, 0.3) is 43.8 Å². The third-order valence-electron chi connectivity index (χ3n) is 7.92. The first-order valence-electron chi connectivity index (χ1n) is 16.6. The molecule has 0 atom stereocenters. The summed E-state index contributed by atoms with van der Waals surface area (Å²) in [5.74, 6) is 1.50. The standard InChI is InChI=1S/2C17H9F6.C7H15.CH3Si.Hf/c2*18-16(19,20)12-7-11(8-13(9-12)17(21,22)23)15-6-2-4-10-3-1-5-14(10)15;1-6(2)5-7(3)4;1-2;/h2*1-9H;5-7H,1-4H3;1H,2H2;/q4*-1;+4. The molecule has 0 aromatic heterocycles. The molecule has 6 aromatic carbocycles. The summed E-state index contributed by atoms with van der Waals surface area (Å²) >= 11 is 0. The van der Waals surface area contributed by atoms with Gasteiger partial charge in [-0.3, -0.25) is 0 Å². The Morgan fingerprint density at radius 1 is 0.482 bits per heavy atom. The average molecular weight is 975 g/mol. The zero-order valence-electron chi connectivity index (χ0n) is 30.4. The molecule has 0 amide bonds. The minimum Gasteiger partial charge on any atom is -0.533 e. The largest absolute Gasteiger partial charge is 4.00 e. The van der Waals surface area contributed by atoms with Gasteiger partial charge >= 0.3 is 50.5 Å². The number of rotatable bonds is 4. The molecule has 0 heterocycles. The molecule has 0 unspecified atom stereocenters. The molecule has 6 rings (SSSR count). The third-order valence-corrected chi connectivity index (χ3v) is 7.92. The number of hydrogen-bond acceptors (Lipinski definition) is 0. The minimum atomic E-state index is -4.85. The fourth-order valence-corrected chi connectivity index (χ4v) is 5.82. The Bertz CT molecular complexity index is 1930. The van der Waals surface area contributed by atoms with Crippen LogP contribution in [0.4, 0.5) is 52.7 Å². The molecule has 0 aliphatic rings. The predicted octanol–water partition coefficient (Wildman–Crippen LogP) is 14.0. The first-order chi connectivity index (χ1) is 25.4. The van der Waals surface area contributed by atoms with Crippen LogP contribution in [0.15, 0.2) is 109 Å². The van der Waals surface area contributed by atoms with Gasteiger partial charge in [0.25, 0.3) is 0 Å². The van der Waals surface area contributed by atoms with E-state index in [1.165, 1.54) is 22.0 Å². The number of hydrogen-bond donors (Lipinski definition) is 0. The van der Waals surface area contributed by atoms with Crippen LogP contribution in [-0.2, 0) is 50.5 Å². The van der Waals surface area contributed by atoms with Crippen LogP contribution in [0.2, 0.25) is 0 Å². The second-order valence-corrected chi connectivity index (χ2v) is 12.9. The van der Waals surface area contributed by atoms with Crippen molar-refractivity contribution >= 4 is 37.6 Å². The van der Waals surface area contributed by atoms with Crippen molar-refractivity contribution in [2.24, 2.45) is 11.8 Å². The van der Waals surface area contributed by atoms with Crippen molar-refractivity contribution in [3.63, 3.8) is 0 Å². The minimum absolute atomic E-state index is 0. The van der Waals surface area contributed by atoms with Crippen molar-refractivity contribution in [3.8, 4) is 22.3 Å². The quantitative estimate of drug-likeness (QED) is 0.0938. The molecule has 14 heteroatoms. The zero-order chi connectivity index (χ0) is 41.5. The summed E-state index contributed by atoms with van der Waals surface area (Å²) in [6.07, 6.45) is -12.5. The van der Waals surface area contributed by atoms with Gasteiger partial charge in [0.05, 0.1) is 22.3 Å². The second-order valence-electron chi connectivity index (χ2n) is 12.9. The Morgan fingerprint density at radius 2 is 0.768 bits per heavy atom. The van der Waals surface area contributed by atoms with Gasteiger partial charge in [-0.15, -0.1) is 57.9 Å². The van der Waals surface area contributed by atoms with E-state index in [1.807, 2.05) is 0 Å². The van der Waals surface area contributed by atoms with Crippen LogP contribution in [0.3, 0.4) is 0 Å². The molecular formula is C42H36F12HfSi. The number of halogens is 12. The molecule has 0 bridgehead atoms. The van der Waals surface area contributed by atoms with Gasteiger partial charge in [0, 0.05) is 0 Å². The van der Waals surface area contributed by atoms with E-state index in [9.17, 15) is 52.7 Å². The SMILES string of the molecule is CC(C)[CH-]C(C)C.FC(F)(F)c1cc(-c2cccc3[cH-]ccc23)cc(C(F)(F)F)c1.FC(F)(F)c1cc(-c2cccc3[cH-]ccc23)cc(C(F)(F)F)c1.[CH-]=[SiH2].[Hf+4]. The summed E-state index contributed by atoms with van der Waals surface area (Å²) in [7, 11) is 1.36. The van der Waals surface area contributed by atoms with Crippen molar-refractivity contribution < 1.29 is 78.5 Å². The van der Waals surface area contributed by atoms with E-state index in [-0.39, 0.29) is 49.1 Å². The number of alkyl halides is 12. The summed E-state index contributed by atoms with van der Waals surface area (Å²) in [4.78, 5) is 0. The molecule has 0 radical (unpaired) electrons. The van der Waals surface area contributed by atoms with Gasteiger partial charge in [0.2, 0.25) is 0 Å². The molecule has 0 N–H and O–H groups in total. The Hall–Kier alpha value is -3.78. The Balaban J connectivity index is 0.000000315. The van der Waals surface area contributed by atoms with Crippen molar-refractivity contribution in [1.82, 2.24) is 0 Å². The molecule has 0 spiro atoms. The van der Waals surface area contributed by atoms with Crippen LogP contribution in [-0.4, -0.2) is 16.0 Å². The molecule has 0 aliphatic carbocycles. The van der Waals surface area contributed by atoms with Gasteiger partial charge in [0.15, 0.2) is 0 Å². The van der Waals surface area contributed by atoms with Gasteiger partial charge in [-0.05, 0) is 47.5 Å². The van der Waals surface area contributed by atoms with E-state index < -0.39 is 47.0 Å². The van der Waals surface area contributed by atoms with Crippen molar-refractivity contribution in [2.75, 3.05) is 0 Å². The van der Waals surface area contributed by atoms with Crippen LogP contribution in [0.1, 0.15) is 49.9 Å². The van der Waals surface area contributed by atoms with E-state index >= 15 is 0 Å². The smallest absolute Gasteiger partial charge is 0.533 e. The zero-order valence-corrected chi connectivity index (χ0v) is 35.5. The predicted molar refractivity (Wildman–Crippen MR) is 199 cm³/mol. The maximum absolute atomic E-state index is 12.9. The summed E-state index contributed by atoms with van der Waals surface area (Å²) in [6.45, 7) is 8.83. The van der Waals surface area contributed by atoms with Crippen molar-refractivity contribution in [3.05, 3.63) is 138 Å². The van der Waals surface area contributed by atoms with Gasteiger partial charge in [-0.25, -0.2) is 9.85 Å². The third kappa shape index (κ3) is 13.1. The molecule has 6 aromatic rings. The fraction of sp³-hybridized carbons (Fsp3) is 0.238. The molecule has 296 valence electrons. The van der Waals surface area contributed by atoms with Gasteiger partial charge in [-0.1, -0.05) is 51.0 Å². The van der Waals surface area contributed by atoms with E-state index in [4.69, 9.17) is 0 Å². The second kappa shape index (κ2) is 19.6. The van der Waals surface area contributed by atoms with Crippen molar-refractivity contribution in [2.45, 2.75) is 52.4 Å². The van der Waals surface area contributed by atoms with Gasteiger partial charge < -0.3 is 12.6 Å². The van der Waals surface area contributed by atoms with Crippen LogP contribution >= 0.6 is 0 Å². The van der Waals surface area contributed by atoms with Gasteiger partial charge in [0.1, 0.15) is 0 Å². The number of fused-ring (bicyclic) bond motifs is 2. The molecule has 0 saturated carbocycles. The van der Waals surface area contributed by atoms with Crippen LogP contribution in [0.5, 0.6) is 0 Å². The maximum Gasteiger partial charge on any atom is 4.00 e. The van der Waals surface area contributed by atoms with E-state index in [0.29, 0.717) is 21.9 Å². The average Bonchev–Trinajstić information content (AvgIpc) is 3.77. The molecule has 0 fully saturated rings. The van der Waals surface area contributed by atoms with Crippen LogP contribution in [0, 0.1) is 18.3 Å². The van der Waals surface area contributed by atoms with E-state index in [2.05, 4.69) is 40.3 Å². The van der Waals surface area contributed by atoms with E-state index in [0.717, 1.165) is 46.9 Å². The van der Waals surface area contributed by atoms with Crippen LogP contribution < -0.4 is 0 Å². The number of benzene rings is 4. The van der Waals surface area contributed by atoms with Gasteiger partial charge in [-0.2, -0.15) is 88.8 Å². The topological polar surface area (TPSA) is 0 Å². The molecule has 0 saturated heterocycles. The summed E-state index contributed by atoms with van der Waals surface area (Å²) < 4.78 is 155. The molecule has 0 aliphatic heterocycles. The summed E-state index contributed by atoms with van der Waals surface area (Å²) in [6, 6.07) is 23.2. The first-order valence-corrected chi connectivity index (χ1v) is 17.4. The molecule has 56 heavy (non-hydrogen) atoms. The van der Waals surface area contributed by atoms with E-state index in [1.54, 1.807) is 60.7 Å². The molecular weight excluding hydrogens is 939 g/mol. The van der Waals surface area contributed by atoms with Crippen molar-refractivity contribution in [1.29, 1.82) is 0 Å². The monoisotopic (exact) mass is 976 g/mol. The fourth-order valence-electron chi connectivity index (χ4n) is 5.82. The summed E-state index contributed by atoms with van der Waals surface area (Å²) in [5, 5.41) is 2.74. The Labute approximate surface area is 339 Å². The normalized spacial score (nSPS) is 12.0. The Morgan fingerprint density at radius 3 is 1.00 bits per heavy atom. The maximum atomic E-state index is 12.9. The summed E-state index contributed by atoms with van der Waals surface area (Å²) in [5.41, 5.74) is -4.80. The first kappa shape index (κ1) is 48.4.